The first-order chi connectivity index (χ1) is 9.88. The van der Waals surface area contributed by atoms with Gasteiger partial charge in [0.05, 0.1) is 4.90 Å². The summed E-state index contributed by atoms with van der Waals surface area (Å²) in [5.41, 5.74) is 1.34. The van der Waals surface area contributed by atoms with Gasteiger partial charge in [0.15, 0.2) is 0 Å². The second kappa shape index (κ2) is 6.34. The summed E-state index contributed by atoms with van der Waals surface area (Å²) in [6.45, 7) is 2.23. The van der Waals surface area contributed by atoms with Gasteiger partial charge in [0.25, 0.3) is 0 Å². The van der Waals surface area contributed by atoms with Crippen LogP contribution in [0.3, 0.4) is 0 Å². The molecule has 0 radical (unpaired) electrons. The lowest BCUT2D eigenvalue weighted by Crippen LogP contribution is -2.19. The molecule has 0 bridgehead atoms. The molecular formula is C15H17FN2O2S. The zero-order valence-electron chi connectivity index (χ0n) is 11.6. The van der Waals surface area contributed by atoms with Crippen molar-refractivity contribution in [3.63, 3.8) is 0 Å². The van der Waals surface area contributed by atoms with E-state index in [-0.39, 0.29) is 16.8 Å². The largest absolute Gasteiger partial charge is 0.306 e. The molecule has 2 rings (SSSR count). The fourth-order valence-electron chi connectivity index (χ4n) is 1.98. The number of benzene rings is 2. The van der Waals surface area contributed by atoms with E-state index in [2.05, 4.69) is 5.32 Å². The minimum Gasteiger partial charge on any atom is -0.306 e. The highest BCUT2D eigenvalue weighted by Gasteiger charge is 2.11. The molecule has 0 aliphatic heterocycles. The number of halogens is 1. The van der Waals surface area contributed by atoms with Gasteiger partial charge in [-0.25, -0.2) is 17.9 Å². The number of hydrogen-bond donors (Lipinski definition) is 2. The summed E-state index contributed by atoms with van der Waals surface area (Å²) in [5, 5.41) is 8.27. The Kier molecular flexibility index (Phi) is 4.72. The summed E-state index contributed by atoms with van der Waals surface area (Å²) in [6.07, 6.45) is 0. The third-order valence-corrected chi connectivity index (χ3v) is 4.15. The van der Waals surface area contributed by atoms with Gasteiger partial charge < -0.3 is 5.32 Å². The first kappa shape index (κ1) is 15.6. The number of nitrogens with two attached hydrogens (primary N) is 1. The summed E-state index contributed by atoms with van der Waals surface area (Å²) in [6, 6.07) is 12.8. The molecule has 0 aromatic heterocycles. The quantitative estimate of drug-likeness (QED) is 0.890. The van der Waals surface area contributed by atoms with Crippen LogP contribution in [0.4, 0.5) is 4.39 Å². The zero-order chi connectivity index (χ0) is 15.5. The Bertz CT molecular complexity index is 732. The van der Waals surface area contributed by atoms with Gasteiger partial charge in [0.1, 0.15) is 5.82 Å². The molecule has 0 saturated carbocycles. The molecule has 0 amide bonds. The SMILES string of the molecule is CC(NCc1ccccc1F)c1cccc(S(N)(=O)=O)c1. The van der Waals surface area contributed by atoms with Crippen molar-refractivity contribution < 1.29 is 12.8 Å². The standard InChI is InChI=1S/C15H17FN2O2S/c1-11(18-10-13-5-2-3-8-15(13)16)12-6-4-7-14(9-12)21(17,19)20/h2-9,11,18H,10H2,1H3,(H2,17,19,20). The molecule has 0 heterocycles. The van der Waals surface area contributed by atoms with Crippen molar-refractivity contribution in [2.75, 3.05) is 0 Å². The highest BCUT2D eigenvalue weighted by Crippen LogP contribution is 2.17. The van der Waals surface area contributed by atoms with Crippen LogP contribution in [0.2, 0.25) is 0 Å². The smallest absolute Gasteiger partial charge is 0.238 e. The summed E-state index contributed by atoms with van der Waals surface area (Å²) in [5.74, 6) is -0.268. The molecule has 3 N–H and O–H groups in total. The van der Waals surface area contributed by atoms with E-state index in [1.54, 1.807) is 30.3 Å². The number of rotatable bonds is 5. The summed E-state index contributed by atoms with van der Waals surface area (Å²) in [7, 11) is -3.72. The van der Waals surface area contributed by atoms with Crippen LogP contribution in [0.25, 0.3) is 0 Å². The van der Waals surface area contributed by atoms with Crippen molar-refractivity contribution in [3.8, 4) is 0 Å². The first-order valence-electron chi connectivity index (χ1n) is 6.47. The van der Waals surface area contributed by atoms with Crippen LogP contribution in [0, 0.1) is 5.82 Å². The predicted molar refractivity (Wildman–Crippen MR) is 79.5 cm³/mol. The third kappa shape index (κ3) is 4.10. The first-order valence-corrected chi connectivity index (χ1v) is 8.02. The van der Waals surface area contributed by atoms with Crippen molar-refractivity contribution in [2.24, 2.45) is 5.14 Å². The van der Waals surface area contributed by atoms with E-state index in [1.807, 2.05) is 6.92 Å². The van der Waals surface area contributed by atoms with Crippen LogP contribution in [-0.4, -0.2) is 8.42 Å². The van der Waals surface area contributed by atoms with E-state index in [4.69, 9.17) is 5.14 Å². The topological polar surface area (TPSA) is 72.2 Å². The van der Waals surface area contributed by atoms with Gasteiger partial charge in [-0.05, 0) is 30.7 Å². The maximum absolute atomic E-state index is 13.5. The fraction of sp³-hybridized carbons (Fsp3) is 0.200. The number of primary sulfonamides is 1. The Morgan fingerprint density at radius 3 is 2.57 bits per heavy atom. The molecule has 2 aromatic rings. The van der Waals surface area contributed by atoms with Gasteiger partial charge >= 0.3 is 0 Å². The van der Waals surface area contributed by atoms with Crippen molar-refractivity contribution in [2.45, 2.75) is 24.4 Å². The van der Waals surface area contributed by atoms with E-state index in [0.717, 1.165) is 5.56 Å². The zero-order valence-corrected chi connectivity index (χ0v) is 12.4. The lowest BCUT2D eigenvalue weighted by Gasteiger charge is -2.15. The Balaban J connectivity index is 2.11. The van der Waals surface area contributed by atoms with Gasteiger partial charge in [-0.3, -0.25) is 0 Å². The minimum atomic E-state index is -3.72. The van der Waals surface area contributed by atoms with E-state index >= 15 is 0 Å². The van der Waals surface area contributed by atoms with Crippen molar-refractivity contribution in [1.82, 2.24) is 5.32 Å². The van der Waals surface area contributed by atoms with Crippen LogP contribution in [0.5, 0.6) is 0 Å². The molecule has 21 heavy (non-hydrogen) atoms. The van der Waals surface area contributed by atoms with E-state index in [9.17, 15) is 12.8 Å². The molecule has 4 nitrogen and oxygen atoms in total. The van der Waals surface area contributed by atoms with E-state index in [1.165, 1.54) is 18.2 Å². The lowest BCUT2D eigenvalue weighted by atomic mass is 10.1. The highest BCUT2D eigenvalue weighted by atomic mass is 32.2. The van der Waals surface area contributed by atoms with Crippen molar-refractivity contribution in [1.29, 1.82) is 0 Å². The molecule has 0 saturated heterocycles. The lowest BCUT2D eigenvalue weighted by molar-refractivity contribution is 0.543. The van der Waals surface area contributed by atoms with Gasteiger partial charge in [0.2, 0.25) is 10.0 Å². The maximum atomic E-state index is 13.5. The average Bonchev–Trinajstić information content (AvgIpc) is 2.45. The summed E-state index contributed by atoms with van der Waals surface area (Å²) < 4.78 is 36.2. The van der Waals surface area contributed by atoms with E-state index < -0.39 is 10.0 Å². The van der Waals surface area contributed by atoms with Gasteiger partial charge in [-0.15, -0.1) is 0 Å². The Hall–Kier alpha value is -1.76. The highest BCUT2D eigenvalue weighted by molar-refractivity contribution is 7.89. The number of hydrogen-bond acceptors (Lipinski definition) is 3. The van der Waals surface area contributed by atoms with Crippen LogP contribution in [-0.2, 0) is 16.6 Å². The van der Waals surface area contributed by atoms with Crippen molar-refractivity contribution in [3.05, 3.63) is 65.5 Å². The van der Waals surface area contributed by atoms with E-state index in [0.29, 0.717) is 12.1 Å². The fourth-order valence-corrected chi connectivity index (χ4v) is 2.55. The third-order valence-electron chi connectivity index (χ3n) is 3.24. The number of sulfonamides is 1. The van der Waals surface area contributed by atoms with Gasteiger partial charge in [-0.1, -0.05) is 30.3 Å². The van der Waals surface area contributed by atoms with Crippen LogP contribution in [0.1, 0.15) is 24.1 Å². The molecule has 0 fully saturated rings. The molecular weight excluding hydrogens is 291 g/mol. The van der Waals surface area contributed by atoms with Crippen LogP contribution in [0.15, 0.2) is 53.4 Å². The Morgan fingerprint density at radius 1 is 1.19 bits per heavy atom. The number of nitrogens with one attached hydrogen (secondary N) is 1. The molecule has 0 aliphatic carbocycles. The normalized spacial score (nSPS) is 13.1. The molecule has 2 aromatic carbocycles. The second-order valence-corrected chi connectivity index (χ2v) is 6.37. The summed E-state index contributed by atoms with van der Waals surface area (Å²) >= 11 is 0. The molecule has 6 heteroatoms. The maximum Gasteiger partial charge on any atom is 0.238 e. The Morgan fingerprint density at radius 2 is 1.90 bits per heavy atom. The Labute approximate surface area is 123 Å². The molecule has 0 aliphatic rings. The van der Waals surface area contributed by atoms with Gasteiger partial charge in [0, 0.05) is 18.2 Å². The van der Waals surface area contributed by atoms with Gasteiger partial charge in [-0.2, -0.15) is 0 Å². The molecule has 1 atom stereocenters. The summed E-state index contributed by atoms with van der Waals surface area (Å²) in [4.78, 5) is 0.0690. The van der Waals surface area contributed by atoms with Crippen molar-refractivity contribution >= 4 is 10.0 Å². The minimum absolute atomic E-state index is 0.0690. The van der Waals surface area contributed by atoms with Crippen LogP contribution < -0.4 is 10.5 Å². The average molecular weight is 308 g/mol. The molecule has 1 unspecified atom stereocenters. The molecule has 0 spiro atoms. The molecule has 112 valence electrons. The van der Waals surface area contributed by atoms with Crippen LogP contribution >= 0.6 is 0 Å². The predicted octanol–water partition coefficient (Wildman–Crippen LogP) is 2.32. The second-order valence-electron chi connectivity index (χ2n) is 4.81. The monoisotopic (exact) mass is 308 g/mol.